The normalized spacial score (nSPS) is 12.1. The zero-order valence-electron chi connectivity index (χ0n) is 13.2. The van der Waals surface area contributed by atoms with Crippen LogP contribution in [0, 0.1) is 17.6 Å². The van der Waals surface area contributed by atoms with Crippen LogP contribution in [0.1, 0.15) is 37.0 Å². The molecule has 5 nitrogen and oxygen atoms in total. The molecule has 3 N–H and O–H groups in total. The first-order valence-electron chi connectivity index (χ1n) is 7.57. The van der Waals surface area contributed by atoms with E-state index in [2.05, 4.69) is 10.6 Å². The Bertz CT molecular complexity index is 548. The molecule has 0 aliphatic rings. The minimum Gasteiger partial charge on any atom is -0.391 e. The molecule has 0 aromatic heterocycles. The molecule has 0 saturated heterocycles. The summed E-state index contributed by atoms with van der Waals surface area (Å²) in [7, 11) is 0. The van der Waals surface area contributed by atoms with Crippen molar-refractivity contribution in [3.8, 4) is 0 Å². The summed E-state index contributed by atoms with van der Waals surface area (Å²) in [5, 5.41) is 14.6. The number of hydrogen-bond donors (Lipinski definition) is 3. The van der Waals surface area contributed by atoms with Crippen LogP contribution >= 0.6 is 0 Å². The van der Waals surface area contributed by atoms with Crippen molar-refractivity contribution in [1.82, 2.24) is 10.6 Å². The van der Waals surface area contributed by atoms with E-state index in [9.17, 15) is 23.5 Å². The number of halogens is 2. The van der Waals surface area contributed by atoms with Gasteiger partial charge in [0, 0.05) is 12.6 Å². The molecule has 2 amide bonds. The van der Waals surface area contributed by atoms with Crippen molar-refractivity contribution >= 4 is 11.8 Å². The number of carbonyl (C=O) groups excluding carboxylic acids is 2. The lowest BCUT2D eigenvalue weighted by atomic mass is 9.96. The molecule has 1 unspecified atom stereocenters. The topological polar surface area (TPSA) is 78.4 Å². The summed E-state index contributed by atoms with van der Waals surface area (Å²) in [4.78, 5) is 23.3. The van der Waals surface area contributed by atoms with Crippen molar-refractivity contribution in [3.05, 3.63) is 35.4 Å². The molecule has 0 spiro atoms. The second kappa shape index (κ2) is 9.19. The summed E-state index contributed by atoms with van der Waals surface area (Å²) >= 11 is 0. The largest absolute Gasteiger partial charge is 0.391 e. The Balaban J connectivity index is 2.42. The van der Waals surface area contributed by atoms with Gasteiger partial charge in [0.2, 0.25) is 5.91 Å². The van der Waals surface area contributed by atoms with E-state index in [1.807, 2.05) is 13.8 Å². The molecule has 1 atom stereocenters. The number of hydrogen-bond acceptors (Lipinski definition) is 3. The quantitative estimate of drug-likeness (QED) is 0.678. The van der Waals surface area contributed by atoms with Gasteiger partial charge in [-0.3, -0.25) is 9.59 Å². The second-order valence-electron chi connectivity index (χ2n) is 5.25. The molecule has 7 heteroatoms. The summed E-state index contributed by atoms with van der Waals surface area (Å²) in [5.74, 6) is -2.98. The van der Waals surface area contributed by atoms with Crippen molar-refractivity contribution in [2.75, 3.05) is 13.1 Å². The van der Waals surface area contributed by atoms with E-state index in [1.165, 1.54) is 0 Å². The van der Waals surface area contributed by atoms with E-state index in [0.717, 1.165) is 25.0 Å². The standard InChI is InChI=1S/C16H22F2N2O3/c1-3-10(4-2)14(21)8-19-15(22)9-20-16(23)12-6-5-11(17)7-13(12)18/h5-7,10,14,21H,3-4,8-9H2,1-2H3,(H,19,22)(H,20,23). The average molecular weight is 328 g/mol. The van der Waals surface area contributed by atoms with Crippen LogP contribution in [0.3, 0.4) is 0 Å². The van der Waals surface area contributed by atoms with Crippen molar-refractivity contribution in [1.29, 1.82) is 0 Å². The van der Waals surface area contributed by atoms with Gasteiger partial charge in [-0.15, -0.1) is 0 Å². The van der Waals surface area contributed by atoms with E-state index < -0.39 is 29.6 Å². The number of aliphatic hydroxyl groups is 1. The van der Waals surface area contributed by atoms with E-state index in [0.29, 0.717) is 6.07 Å². The Morgan fingerprint density at radius 2 is 1.83 bits per heavy atom. The third-order valence-corrected chi connectivity index (χ3v) is 3.69. The van der Waals surface area contributed by atoms with E-state index in [1.54, 1.807) is 0 Å². The molecule has 23 heavy (non-hydrogen) atoms. The molecule has 0 aliphatic carbocycles. The fourth-order valence-corrected chi connectivity index (χ4v) is 2.21. The van der Waals surface area contributed by atoms with Gasteiger partial charge in [-0.05, 0) is 18.1 Å². The van der Waals surface area contributed by atoms with Crippen LogP contribution in [0.15, 0.2) is 18.2 Å². The number of amides is 2. The van der Waals surface area contributed by atoms with Gasteiger partial charge in [0.25, 0.3) is 5.91 Å². The Hall–Kier alpha value is -2.02. The highest BCUT2D eigenvalue weighted by Crippen LogP contribution is 2.12. The van der Waals surface area contributed by atoms with E-state index >= 15 is 0 Å². The van der Waals surface area contributed by atoms with Gasteiger partial charge in [-0.25, -0.2) is 8.78 Å². The lowest BCUT2D eigenvalue weighted by Gasteiger charge is -2.20. The third kappa shape index (κ3) is 5.94. The molecule has 0 radical (unpaired) electrons. The van der Waals surface area contributed by atoms with Gasteiger partial charge in [0.05, 0.1) is 18.2 Å². The average Bonchev–Trinajstić information content (AvgIpc) is 2.51. The fourth-order valence-electron chi connectivity index (χ4n) is 2.21. The molecule has 128 valence electrons. The van der Waals surface area contributed by atoms with E-state index in [4.69, 9.17) is 0 Å². The van der Waals surface area contributed by atoms with Crippen LogP contribution in [0.4, 0.5) is 8.78 Å². The molecule has 0 fully saturated rings. The maximum atomic E-state index is 13.4. The summed E-state index contributed by atoms with van der Waals surface area (Å²) < 4.78 is 26.2. The number of benzene rings is 1. The number of rotatable bonds is 8. The van der Waals surface area contributed by atoms with E-state index in [-0.39, 0.29) is 24.6 Å². The SMILES string of the molecule is CCC(CC)C(O)CNC(=O)CNC(=O)c1ccc(F)cc1F. The molecular formula is C16H22F2N2O3. The van der Waals surface area contributed by atoms with Crippen molar-refractivity contribution in [2.45, 2.75) is 32.8 Å². The van der Waals surface area contributed by atoms with Crippen LogP contribution in [0.25, 0.3) is 0 Å². The van der Waals surface area contributed by atoms with Crippen LogP contribution in [0.5, 0.6) is 0 Å². The minimum absolute atomic E-state index is 0.0892. The first-order valence-corrected chi connectivity index (χ1v) is 7.57. The molecule has 1 aromatic carbocycles. The van der Waals surface area contributed by atoms with Gasteiger partial charge >= 0.3 is 0 Å². The predicted molar refractivity (Wildman–Crippen MR) is 81.8 cm³/mol. The second-order valence-corrected chi connectivity index (χ2v) is 5.25. The Morgan fingerprint density at radius 3 is 2.39 bits per heavy atom. The number of nitrogens with one attached hydrogen (secondary N) is 2. The van der Waals surface area contributed by atoms with Crippen LogP contribution in [-0.2, 0) is 4.79 Å². The zero-order chi connectivity index (χ0) is 17.4. The minimum atomic E-state index is -0.993. The molecule has 0 bridgehead atoms. The van der Waals surface area contributed by atoms with Crippen molar-refractivity contribution < 1.29 is 23.5 Å². The fraction of sp³-hybridized carbons (Fsp3) is 0.500. The highest BCUT2D eigenvalue weighted by atomic mass is 19.1. The van der Waals surface area contributed by atoms with Gasteiger partial charge < -0.3 is 15.7 Å². The zero-order valence-corrected chi connectivity index (χ0v) is 13.2. The highest BCUT2D eigenvalue weighted by molar-refractivity contribution is 5.96. The summed E-state index contributed by atoms with van der Waals surface area (Å²) in [5.41, 5.74) is -0.337. The van der Waals surface area contributed by atoms with Gasteiger partial charge in [0.15, 0.2) is 0 Å². The van der Waals surface area contributed by atoms with Gasteiger partial charge in [-0.2, -0.15) is 0 Å². The lowest BCUT2D eigenvalue weighted by Crippen LogP contribution is -2.41. The molecular weight excluding hydrogens is 306 g/mol. The number of carbonyl (C=O) groups is 2. The number of aliphatic hydroxyl groups excluding tert-OH is 1. The van der Waals surface area contributed by atoms with Crippen LogP contribution in [0.2, 0.25) is 0 Å². The van der Waals surface area contributed by atoms with Gasteiger partial charge in [-0.1, -0.05) is 26.7 Å². The molecule has 1 aromatic rings. The van der Waals surface area contributed by atoms with Crippen molar-refractivity contribution in [2.24, 2.45) is 5.92 Å². The smallest absolute Gasteiger partial charge is 0.254 e. The first kappa shape index (κ1) is 19.0. The Morgan fingerprint density at radius 1 is 1.17 bits per heavy atom. The third-order valence-electron chi connectivity index (χ3n) is 3.69. The molecule has 0 heterocycles. The lowest BCUT2D eigenvalue weighted by molar-refractivity contribution is -0.120. The predicted octanol–water partition coefficient (Wildman–Crippen LogP) is 1.61. The van der Waals surface area contributed by atoms with Crippen molar-refractivity contribution in [3.63, 3.8) is 0 Å². The molecule has 1 rings (SSSR count). The molecule has 0 aliphatic heterocycles. The summed E-state index contributed by atoms with van der Waals surface area (Å²) in [6.45, 7) is 3.64. The molecule has 0 saturated carbocycles. The summed E-state index contributed by atoms with van der Waals surface area (Å²) in [6, 6.07) is 2.57. The Kier molecular flexibility index (Phi) is 7.61. The first-order chi connectivity index (χ1) is 10.9. The highest BCUT2D eigenvalue weighted by Gasteiger charge is 2.17. The maximum Gasteiger partial charge on any atom is 0.254 e. The monoisotopic (exact) mass is 328 g/mol. The van der Waals surface area contributed by atoms with Crippen LogP contribution < -0.4 is 10.6 Å². The van der Waals surface area contributed by atoms with Gasteiger partial charge in [0.1, 0.15) is 11.6 Å². The van der Waals surface area contributed by atoms with Crippen LogP contribution in [-0.4, -0.2) is 36.1 Å². The Labute approximate surface area is 134 Å². The summed E-state index contributed by atoms with van der Waals surface area (Å²) in [6.07, 6.45) is 0.946. The maximum absolute atomic E-state index is 13.4.